The predicted molar refractivity (Wildman–Crippen MR) is 82.1 cm³/mol. The Hall–Kier alpha value is -0.750. The highest BCUT2D eigenvalue weighted by atomic mass is 32.2. The van der Waals surface area contributed by atoms with Crippen LogP contribution in [0.1, 0.15) is 39.5 Å². The molecule has 0 bridgehead atoms. The Kier molecular flexibility index (Phi) is 5.93. The van der Waals surface area contributed by atoms with Crippen molar-refractivity contribution in [2.75, 3.05) is 19.0 Å². The highest BCUT2D eigenvalue weighted by Gasteiger charge is 2.45. The van der Waals surface area contributed by atoms with Crippen LogP contribution in [0.3, 0.4) is 0 Å². The highest BCUT2D eigenvalue weighted by molar-refractivity contribution is 8.00. The highest BCUT2D eigenvalue weighted by Crippen LogP contribution is 2.39. The van der Waals surface area contributed by atoms with E-state index < -0.39 is 12.0 Å². The van der Waals surface area contributed by atoms with Crippen LogP contribution in [0.2, 0.25) is 0 Å². The van der Waals surface area contributed by atoms with Crippen molar-refractivity contribution in [2.45, 2.75) is 50.9 Å². The number of carbonyl (C=O) groups is 2. The lowest BCUT2D eigenvalue weighted by molar-refractivity contribution is -0.152. The molecule has 0 saturated carbocycles. The molecule has 0 aromatic heterocycles. The van der Waals surface area contributed by atoms with Gasteiger partial charge in [-0.05, 0) is 25.2 Å². The van der Waals surface area contributed by atoms with Crippen LogP contribution in [0.4, 0.5) is 0 Å². The van der Waals surface area contributed by atoms with E-state index in [0.717, 1.165) is 25.7 Å². The van der Waals surface area contributed by atoms with Crippen molar-refractivity contribution in [1.82, 2.24) is 4.90 Å². The second-order valence-corrected chi connectivity index (χ2v) is 7.11. The fourth-order valence-corrected chi connectivity index (χ4v) is 4.81. The third kappa shape index (κ3) is 3.72. The summed E-state index contributed by atoms with van der Waals surface area (Å²) in [5.74, 6) is -0.120. The molecule has 2 rings (SSSR count). The molecule has 0 spiro atoms. The molecule has 1 amide bonds. The van der Waals surface area contributed by atoms with Crippen molar-refractivity contribution in [1.29, 1.82) is 0 Å². The standard InChI is InChI=1S/C15H25NO4S/c1-3-4-10(2)13(17)16-12(15(18)19)9-21-14(16)11-5-7-20-8-6-11/h10-12,14H,3-9H2,1-2H3,(H,18,19). The van der Waals surface area contributed by atoms with Crippen molar-refractivity contribution in [3.05, 3.63) is 0 Å². The zero-order valence-electron chi connectivity index (χ0n) is 12.8. The molecule has 120 valence electrons. The Morgan fingerprint density at radius 1 is 1.38 bits per heavy atom. The summed E-state index contributed by atoms with van der Waals surface area (Å²) in [4.78, 5) is 25.9. The fraction of sp³-hybridized carbons (Fsp3) is 0.867. The fourth-order valence-electron chi connectivity index (χ4n) is 3.17. The Labute approximate surface area is 130 Å². The summed E-state index contributed by atoms with van der Waals surface area (Å²) in [6, 6.07) is -0.672. The molecule has 3 unspecified atom stereocenters. The topological polar surface area (TPSA) is 66.8 Å². The van der Waals surface area contributed by atoms with Gasteiger partial charge in [-0.15, -0.1) is 11.8 Å². The summed E-state index contributed by atoms with van der Waals surface area (Å²) in [6.45, 7) is 5.39. The number of hydrogen-bond donors (Lipinski definition) is 1. The van der Waals surface area contributed by atoms with Crippen LogP contribution in [0.5, 0.6) is 0 Å². The van der Waals surface area contributed by atoms with Gasteiger partial charge in [-0.2, -0.15) is 0 Å². The van der Waals surface area contributed by atoms with Crippen LogP contribution >= 0.6 is 11.8 Å². The van der Waals surface area contributed by atoms with Gasteiger partial charge in [0.25, 0.3) is 0 Å². The van der Waals surface area contributed by atoms with Crippen molar-refractivity contribution < 1.29 is 19.4 Å². The molecule has 0 aromatic rings. The van der Waals surface area contributed by atoms with Crippen molar-refractivity contribution in [3.8, 4) is 0 Å². The lowest BCUT2D eigenvalue weighted by atomic mass is 9.96. The summed E-state index contributed by atoms with van der Waals surface area (Å²) in [5.41, 5.74) is 0. The maximum atomic E-state index is 12.7. The molecule has 0 aliphatic carbocycles. The number of aliphatic carboxylic acids is 1. The van der Waals surface area contributed by atoms with Gasteiger partial charge in [0.15, 0.2) is 0 Å². The second kappa shape index (κ2) is 7.49. The predicted octanol–water partition coefficient (Wildman–Crippen LogP) is 2.20. The van der Waals surface area contributed by atoms with Crippen LogP contribution in [0.15, 0.2) is 0 Å². The average molecular weight is 315 g/mol. The summed E-state index contributed by atoms with van der Waals surface area (Å²) < 4.78 is 5.39. The number of amides is 1. The second-order valence-electron chi connectivity index (χ2n) is 5.96. The zero-order chi connectivity index (χ0) is 15.4. The maximum absolute atomic E-state index is 12.7. The Bertz CT molecular complexity index is 384. The minimum atomic E-state index is -0.880. The first-order valence-corrected chi connectivity index (χ1v) is 8.85. The van der Waals surface area contributed by atoms with E-state index in [4.69, 9.17) is 4.74 Å². The number of carboxylic acid groups (broad SMARTS) is 1. The molecule has 2 aliphatic heterocycles. The van der Waals surface area contributed by atoms with Crippen LogP contribution in [0.25, 0.3) is 0 Å². The van der Waals surface area contributed by atoms with E-state index in [-0.39, 0.29) is 17.2 Å². The zero-order valence-corrected chi connectivity index (χ0v) is 13.6. The molecule has 0 aromatic carbocycles. The molecular weight excluding hydrogens is 290 g/mol. The van der Waals surface area contributed by atoms with Crippen LogP contribution in [-0.4, -0.2) is 52.3 Å². The van der Waals surface area contributed by atoms with Gasteiger partial charge in [0, 0.05) is 24.9 Å². The Morgan fingerprint density at radius 3 is 2.62 bits per heavy atom. The first-order chi connectivity index (χ1) is 10.1. The minimum absolute atomic E-state index is 0.00167. The van der Waals surface area contributed by atoms with Gasteiger partial charge in [0.2, 0.25) is 5.91 Å². The molecule has 2 saturated heterocycles. The number of carbonyl (C=O) groups excluding carboxylic acids is 1. The van der Waals surface area contributed by atoms with Gasteiger partial charge in [-0.1, -0.05) is 20.3 Å². The van der Waals surface area contributed by atoms with Gasteiger partial charge in [-0.3, -0.25) is 4.79 Å². The summed E-state index contributed by atoms with van der Waals surface area (Å²) in [6.07, 6.45) is 3.58. The van der Waals surface area contributed by atoms with E-state index in [1.54, 1.807) is 16.7 Å². The van der Waals surface area contributed by atoms with Crippen molar-refractivity contribution in [3.63, 3.8) is 0 Å². The van der Waals surface area contributed by atoms with E-state index in [9.17, 15) is 14.7 Å². The average Bonchev–Trinajstić information content (AvgIpc) is 2.92. The summed E-state index contributed by atoms with van der Waals surface area (Å²) in [7, 11) is 0. The molecule has 2 fully saturated rings. The number of hydrogen-bond acceptors (Lipinski definition) is 4. The molecule has 2 heterocycles. The van der Waals surface area contributed by atoms with E-state index >= 15 is 0 Å². The Balaban J connectivity index is 2.15. The van der Waals surface area contributed by atoms with Crippen LogP contribution in [-0.2, 0) is 14.3 Å². The van der Waals surface area contributed by atoms with Gasteiger partial charge < -0.3 is 14.7 Å². The molecule has 0 radical (unpaired) electrons. The number of nitrogens with zero attached hydrogens (tertiary/aromatic N) is 1. The maximum Gasteiger partial charge on any atom is 0.327 e. The molecule has 5 nitrogen and oxygen atoms in total. The van der Waals surface area contributed by atoms with E-state index in [2.05, 4.69) is 0 Å². The molecule has 2 aliphatic rings. The van der Waals surface area contributed by atoms with Crippen LogP contribution < -0.4 is 0 Å². The smallest absolute Gasteiger partial charge is 0.327 e. The van der Waals surface area contributed by atoms with Gasteiger partial charge >= 0.3 is 5.97 Å². The molecule has 6 heteroatoms. The first kappa shape index (κ1) is 16.6. The molecule has 21 heavy (non-hydrogen) atoms. The van der Waals surface area contributed by atoms with Crippen molar-refractivity contribution in [2.24, 2.45) is 11.8 Å². The third-order valence-electron chi connectivity index (χ3n) is 4.39. The van der Waals surface area contributed by atoms with Crippen molar-refractivity contribution >= 4 is 23.6 Å². The number of carboxylic acids is 1. The van der Waals surface area contributed by atoms with Gasteiger partial charge in [-0.25, -0.2) is 4.79 Å². The van der Waals surface area contributed by atoms with E-state index in [1.165, 1.54) is 0 Å². The summed E-state index contributed by atoms with van der Waals surface area (Å²) in [5, 5.41) is 9.43. The lowest BCUT2D eigenvalue weighted by Crippen LogP contribution is -2.50. The largest absolute Gasteiger partial charge is 0.480 e. The number of rotatable bonds is 5. The minimum Gasteiger partial charge on any atom is -0.480 e. The van der Waals surface area contributed by atoms with E-state index in [1.807, 2.05) is 13.8 Å². The first-order valence-electron chi connectivity index (χ1n) is 7.80. The number of thioether (sulfide) groups is 1. The monoisotopic (exact) mass is 315 g/mol. The number of ether oxygens (including phenoxy) is 1. The lowest BCUT2D eigenvalue weighted by Gasteiger charge is -2.36. The van der Waals surface area contributed by atoms with Gasteiger partial charge in [0.05, 0.1) is 5.37 Å². The van der Waals surface area contributed by atoms with E-state index in [0.29, 0.717) is 24.9 Å². The molecule has 3 atom stereocenters. The molecule has 1 N–H and O–H groups in total. The summed E-state index contributed by atoms with van der Waals surface area (Å²) >= 11 is 1.63. The Morgan fingerprint density at radius 2 is 2.05 bits per heavy atom. The normalized spacial score (nSPS) is 28.6. The molecular formula is C15H25NO4S. The SMILES string of the molecule is CCCC(C)C(=O)N1C(C(=O)O)CSC1C1CCOCC1. The third-order valence-corrected chi connectivity index (χ3v) is 5.85. The van der Waals surface area contributed by atoms with Crippen LogP contribution in [0, 0.1) is 11.8 Å². The van der Waals surface area contributed by atoms with Gasteiger partial charge in [0.1, 0.15) is 6.04 Å². The quantitative estimate of drug-likeness (QED) is 0.842.